The van der Waals surface area contributed by atoms with Crippen LogP contribution in [-0.4, -0.2) is 33.7 Å². The van der Waals surface area contributed by atoms with Crippen molar-refractivity contribution in [1.82, 2.24) is 0 Å². The summed E-state index contributed by atoms with van der Waals surface area (Å²) in [6.45, 7) is -0.108. The molecule has 0 saturated heterocycles. The number of halogens is 1. The van der Waals surface area contributed by atoms with E-state index in [1.54, 1.807) is 18.2 Å². The standard InChI is InChI=1S/C17H15ClO6S/c1-23-16(19)12-5-3-4-11(8-12)10-24-17(20)14-9-13(25(2,21)22)6-7-15(14)18/h3-9H,10H2,1-2H3. The summed E-state index contributed by atoms with van der Waals surface area (Å²) in [6, 6.07) is 10.2. The third-order valence-corrected chi connectivity index (χ3v) is 4.74. The molecule has 6 nitrogen and oxygen atoms in total. The number of benzene rings is 2. The number of ether oxygens (including phenoxy) is 2. The fourth-order valence-corrected chi connectivity index (χ4v) is 2.87. The van der Waals surface area contributed by atoms with Gasteiger partial charge in [0.1, 0.15) is 6.61 Å². The quantitative estimate of drug-likeness (QED) is 0.739. The lowest BCUT2D eigenvalue weighted by Crippen LogP contribution is -2.08. The van der Waals surface area contributed by atoms with Crippen LogP contribution in [0, 0.1) is 0 Å². The molecule has 132 valence electrons. The van der Waals surface area contributed by atoms with Crippen molar-refractivity contribution in [3.63, 3.8) is 0 Å². The van der Waals surface area contributed by atoms with Gasteiger partial charge in [0, 0.05) is 6.26 Å². The van der Waals surface area contributed by atoms with Crippen molar-refractivity contribution in [3.8, 4) is 0 Å². The van der Waals surface area contributed by atoms with E-state index in [1.165, 1.54) is 31.4 Å². The largest absolute Gasteiger partial charge is 0.465 e. The smallest absolute Gasteiger partial charge is 0.340 e. The average molecular weight is 383 g/mol. The molecule has 0 aliphatic rings. The first-order valence-corrected chi connectivity index (χ1v) is 9.33. The molecule has 0 fully saturated rings. The Balaban J connectivity index is 2.17. The maximum atomic E-state index is 12.2. The summed E-state index contributed by atoms with van der Waals surface area (Å²) in [5, 5.41) is 0.0840. The second-order valence-electron chi connectivity index (χ2n) is 5.18. The number of carbonyl (C=O) groups is 2. The van der Waals surface area contributed by atoms with E-state index in [-0.39, 0.29) is 22.1 Å². The summed E-state index contributed by atoms with van der Waals surface area (Å²) in [7, 11) is -2.21. The fourth-order valence-electron chi connectivity index (χ4n) is 2.02. The molecule has 2 rings (SSSR count). The van der Waals surface area contributed by atoms with Gasteiger partial charge >= 0.3 is 11.9 Å². The normalized spacial score (nSPS) is 11.0. The minimum absolute atomic E-state index is 0.0310. The molecule has 2 aromatic rings. The first-order chi connectivity index (χ1) is 11.7. The lowest BCUT2D eigenvalue weighted by atomic mass is 10.1. The van der Waals surface area contributed by atoms with Gasteiger partial charge in [0.25, 0.3) is 0 Å². The van der Waals surface area contributed by atoms with Crippen LogP contribution in [0.25, 0.3) is 0 Å². The Morgan fingerprint density at radius 2 is 1.80 bits per heavy atom. The molecule has 0 saturated carbocycles. The second-order valence-corrected chi connectivity index (χ2v) is 7.60. The van der Waals surface area contributed by atoms with Crippen LogP contribution in [0.1, 0.15) is 26.3 Å². The zero-order valence-electron chi connectivity index (χ0n) is 13.5. The van der Waals surface area contributed by atoms with E-state index in [0.29, 0.717) is 11.1 Å². The van der Waals surface area contributed by atoms with E-state index in [1.807, 2.05) is 0 Å². The average Bonchev–Trinajstić information content (AvgIpc) is 2.58. The van der Waals surface area contributed by atoms with Crippen molar-refractivity contribution >= 4 is 33.4 Å². The molecule has 0 spiro atoms. The van der Waals surface area contributed by atoms with Gasteiger partial charge in [-0.05, 0) is 35.9 Å². The van der Waals surface area contributed by atoms with Crippen LogP contribution >= 0.6 is 11.6 Å². The highest BCUT2D eigenvalue weighted by Gasteiger charge is 2.17. The van der Waals surface area contributed by atoms with Crippen molar-refractivity contribution in [3.05, 3.63) is 64.2 Å². The summed E-state index contributed by atoms with van der Waals surface area (Å²) < 4.78 is 33.0. The maximum absolute atomic E-state index is 12.2. The number of hydrogen-bond donors (Lipinski definition) is 0. The van der Waals surface area contributed by atoms with Crippen LogP contribution in [0.3, 0.4) is 0 Å². The maximum Gasteiger partial charge on any atom is 0.340 e. The van der Waals surface area contributed by atoms with Crippen LogP contribution < -0.4 is 0 Å². The molecule has 0 N–H and O–H groups in total. The van der Waals surface area contributed by atoms with Crippen molar-refractivity contribution in [2.45, 2.75) is 11.5 Å². The first-order valence-electron chi connectivity index (χ1n) is 7.06. The first kappa shape index (κ1) is 19.0. The zero-order valence-corrected chi connectivity index (χ0v) is 15.1. The Morgan fingerprint density at radius 1 is 1.08 bits per heavy atom. The molecule has 0 aliphatic carbocycles. The van der Waals surface area contributed by atoms with Gasteiger partial charge in [0.05, 0.1) is 28.2 Å². The van der Waals surface area contributed by atoms with Crippen molar-refractivity contribution < 1.29 is 27.5 Å². The minimum atomic E-state index is -3.48. The summed E-state index contributed by atoms with van der Waals surface area (Å²) in [5.41, 5.74) is 0.855. The number of rotatable bonds is 5. The van der Waals surface area contributed by atoms with Crippen LogP contribution in [0.5, 0.6) is 0 Å². The van der Waals surface area contributed by atoms with Crippen LogP contribution in [0.2, 0.25) is 5.02 Å². The van der Waals surface area contributed by atoms with Crippen molar-refractivity contribution in [2.75, 3.05) is 13.4 Å². The number of carbonyl (C=O) groups excluding carboxylic acids is 2. The Kier molecular flexibility index (Phi) is 5.81. The Morgan fingerprint density at radius 3 is 2.44 bits per heavy atom. The number of hydrogen-bond acceptors (Lipinski definition) is 6. The topological polar surface area (TPSA) is 86.7 Å². The number of esters is 2. The van der Waals surface area contributed by atoms with E-state index < -0.39 is 21.8 Å². The number of methoxy groups -OCH3 is 1. The molecule has 0 radical (unpaired) electrons. The highest BCUT2D eigenvalue weighted by atomic mass is 35.5. The Bertz CT molecular complexity index is 920. The van der Waals surface area contributed by atoms with E-state index in [4.69, 9.17) is 16.3 Å². The second kappa shape index (κ2) is 7.67. The zero-order chi connectivity index (χ0) is 18.6. The summed E-state index contributed by atoms with van der Waals surface area (Å²) in [4.78, 5) is 23.7. The highest BCUT2D eigenvalue weighted by Crippen LogP contribution is 2.22. The molecule has 0 bridgehead atoms. The SMILES string of the molecule is COC(=O)c1cccc(COC(=O)c2cc(S(C)(=O)=O)ccc2Cl)c1. The van der Waals surface area contributed by atoms with Gasteiger partial charge in [-0.3, -0.25) is 0 Å². The number of sulfone groups is 1. The van der Waals surface area contributed by atoms with Gasteiger partial charge < -0.3 is 9.47 Å². The third-order valence-electron chi connectivity index (χ3n) is 3.30. The molecule has 8 heteroatoms. The summed E-state index contributed by atoms with van der Waals surface area (Å²) in [5.74, 6) is -1.27. The molecule has 0 aliphatic heterocycles. The van der Waals surface area contributed by atoms with Crippen LogP contribution in [0.15, 0.2) is 47.4 Å². The molecular weight excluding hydrogens is 368 g/mol. The summed E-state index contributed by atoms with van der Waals surface area (Å²) >= 11 is 5.95. The van der Waals surface area contributed by atoms with E-state index in [2.05, 4.69) is 4.74 Å². The minimum Gasteiger partial charge on any atom is -0.465 e. The Hall–Kier alpha value is -2.38. The van der Waals surface area contributed by atoms with E-state index in [0.717, 1.165) is 6.26 Å². The third kappa shape index (κ3) is 4.80. The molecule has 0 aromatic heterocycles. The van der Waals surface area contributed by atoms with Gasteiger partial charge in [-0.2, -0.15) is 0 Å². The van der Waals surface area contributed by atoms with Gasteiger partial charge in [0.15, 0.2) is 9.84 Å². The van der Waals surface area contributed by atoms with Crippen LogP contribution in [-0.2, 0) is 25.9 Å². The highest BCUT2D eigenvalue weighted by molar-refractivity contribution is 7.90. The molecule has 0 amide bonds. The Labute approximate surface area is 150 Å². The molecule has 0 heterocycles. The lowest BCUT2D eigenvalue weighted by molar-refractivity contribution is 0.0472. The van der Waals surface area contributed by atoms with Gasteiger partial charge in [-0.1, -0.05) is 23.7 Å². The predicted octanol–water partition coefficient (Wildman–Crippen LogP) is 2.89. The molecule has 0 unspecified atom stereocenters. The lowest BCUT2D eigenvalue weighted by Gasteiger charge is -2.08. The predicted molar refractivity (Wildman–Crippen MR) is 91.5 cm³/mol. The van der Waals surface area contributed by atoms with E-state index in [9.17, 15) is 18.0 Å². The van der Waals surface area contributed by atoms with Gasteiger partial charge in [-0.25, -0.2) is 18.0 Å². The van der Waals surface area contributed by atoms with Gasteiger partial charge in [0.2, 0.25) is 0 Å². The molecule has 25 heavy (non-hydrogen) atoms. The fraction of sp³-hybridized carbons (Fsp3) is 0.176. The van der Waals surface area contributed by atoms with Gasteiger partial charge in [-0.15, -0.1) is 0 Å². The summed E-state index contributed by atoms with van der Waals surface area (Å²) in [6.07, 6.45) is 1.03. The monoisotopic (exact) mass is 382 g/mol. The molecule has 0 atom stereocenters. The van der Waals surface area contributed by atoms with E-state index >= 15 is 0 Å². The van der Waals surface area contributed by atoms with Crippen molar-refractivity contribution in [1.29, 1.82) is 0 Å². The molecular formula is C17H15ClO6S. The van der Waals surface area contributed by atoms with Crippen molar-refractivity contribution in [2.24, 2.45) is 0 Å². The van der Waals surface area contributed by atoms with Crippen LogP contribution in [0.4, 0.5) is 0 Å². The molecule has 2 aromatic carbocycles.